The van der Waals surface area contributed by atoms with Crippen LogP contribution in [0.25, 0.3) is 6.08 Å². The van der Waals surface area contributed by atoms with Crippen LogP contribution in [0.4, 0.5) is 0 Å². The number of amides is 2. The van der Waals surface area contributed by atoms with Crippen LogP contribution in [0.1, 0.15) is 31.7 Å². The van der Waals surface area contributed by atoms with Gasteiger partial charge in [-0.2, -0.15) is 0 Å². The predicted molar refractivity (Wildman–Crippen MR) is 119 cm³/mol. The van der Waals surface area contributed by atoms with E-state index in [0.29, 0.717) is 19.8 Å². The van der Waals surface area contributed by atoms with Gasteiger partial charge in [-0.25, -0.2) is 0 Å². The summed E-state index contributed by atoms with van der Waals surface area (Å²) in [6, 6.07) is 7.72. The molecule has 7 nitrogen and oxygen atoms in total. The molecular formula is C24H34N2O5. The Morgan fingerprint density at radius 3 is 2.48 bits per heavy atom. The Bertz CT molecular complexity index is 771. The van der Waals surface area contributed by atoms with E-state index in [9.17, 15) is 9.59 Å². The first kappa shape index (κ1) is 23.3. The molecule has 170 valence electrons. The average molecular weight is 431 g/mol. The lowest BCUT2D eigenvalue weighted by Crippen LogP contribution is -2.44. The van der Waals surface area contributed by atoms with Crippen LogP contribution in [-0.2, 0) is 19.1 Å². The third-order valence-corrected chi connectivity index (χ3v) is 6.21. The fraction of sp³-hybridized carbons (Fsp3) is 0.583. The molecule has 2 saturated heterocycles. The molecule has 0 saturated carbocycles. The Morgan fingerprint density at radius 1 is 1.06 bits per heavy atom. The van der Waals surface area contributed by atoms with Crippen molar-refractivity contribution in [3.63, 3.8) is 0 Å². The minimum absolute atomic E-state index is 0.0265. The summed E-state index contributed by atoms with van der Waals surface area (Å²) in [5, 5.41) is 0. The molecule has 2 heterocycles. The standard InChI is InChI=1S/C24H34N2O5/c1-3-31-21-7-5-4-6-20(21)8-9-22(27)25-13-10-24(11-14-25)12-15-26(19-24)23(28)18-30-17-16-29-2/h4-9H,3,10-19H2,1-2H3. The van der Waals surface area contributed by atoms with E-state index >= 15 is 0 Å². The predicted octanol–water partition coefficient (Wildman–Crippen LogP) is 2.60. The highest BCUT2D eigenvalue weighted by Crippen LogP contribution is 2.40. The molecule has 0 radical (unpaired) electrons. The van der Waals surface area contributed by atoms with Crippen molar-refractivity contribution in [1.82, 2.24) is 9.80 Å². The Balaban J connectivity index is 1.47. The van der Waals surface area contributed by atoms with E-state index in [1.165, 1.54) is 0 Å². The molecule has 1 aromatic carbocycles. The Hall–Kier alpha value is -2.38. The number of carbonyl (C=O) groups excluding carboxylic acids is 2. The number of nitrogens with zero attached hydrogens (tertiary/aromatic N) is 2. The molecule has 2 aliphatic rings. The number of likely N-dealkylation sites (tertiary alicyclic amines) is 2. The van der Waals surface area contributed by atoms with Crippen LogP contribution < -0.4 is 4.74 Å². The van der Waals surface area contributed by atoms with Crippen LogP contribution in [0, 0.1) is 5.41 Å². The second kappa shape index (κ2) is 11.3. The van der Waals surface area contributed by atoms with E-state index in [4.69, 9.17) is 14.2 Å². The van der Waals surface area contributed by atoms with Crippen molar-refractivity contribution in [3.05, 3.63) is 35.9 Å². The van der Waals surface area contributed by atoms with Gasteiger partial charge in [0.05, 0.1) is 19.8 Å². The molecule has 3 rings (SSSR count). The van der Waals surface area contributed by atoms with Gasteiger partial charge in [-0.3, -0.25) is 9.59 Å². The van der Waals surface area contributed by atoms with Crippen LogP contribution in [0.15, 0.2) is 30.3 Å². The Morgan fingerprint density at radius 2 is 1.77 bits per heavy atom. The van der Waals surface area contributed by atoms with Crippen molar-refractivity contribution in [3.8, 4) is 5.75 Å². The average Bonchev–Trinajstić information content (AvgIpc) is 3.20. The number of hydrogen-bond donors (Lipinski definition) is 0. The quantitative estimate of drug-likeness (QED) is 0.445. The maximum atomic E-state index is 12.7. The molecule has 1 spiro atoms. The summed E-state index contributed by atoms with van der Waals surface area (Å²) >= 11 is 0. The normalized spacial score (nSPS) is 18.1. The Kier molecular flexibility index (Phi) is 8.49. The van der Waals surface area contributed by atoms with Gasteiger partial charge in [0.2, 0.25) is 11.8 Å². The van der Waals surface area contributed by atoms with Gasteiger partial charge >= 0.3 is 0 Å². The van der Waals surface area contributed by atoms with Crippen LogP contribution in [-0.4, -0.2) is 81.3 Å². The van der Waals surface area contributed by atoms with Crippen molar-refractivity contribution >= 4 is 17.9 Å². The highest BCUT2D eigenvalue weighted by atomic mass is 16.5. The number of carbonyl (C=O) groups is 2. The first-order valence-electron chi connectivity index (χ1n) is 11.1. The van der Waals surface area contributed by atoms with E-state index in [2.05, 4.69) is 0 Å². The zero-order chi connectivity index (χ0) is 22.1. The van der Waals surface area contributed by atoms with Gasteiger partial charge in [0, 0.05) is 44.9 Å². The number of hydrogen-bond acceptors (Lipinski definition) is 5. The molecule has 0 N–H and O–H groups in total. The molecule has 1 aromatic rings. The lowest BCUT2D eigenvalue weighted by Gasteiger charge is -2.39. The van der Waals surface area contributed by atoms with Gasteiger partial charge in [-0.05, 0) is 43.7 Å². The number of para-hydroxylation sites is 1. The second-order valence-electron chi connectivity index (χ2n) is 8.24. The van der Waals surface area contributed by atoms with Gasteiger partial charge in [0.25, 0.3) is 0 Å². The smallest absolute Gasteiger partial charge is 0.248 e. The van der Waals surface area contributed by atoms with Crippen molar-refractivity contribution in [2.75, 3.05) is 59.7 Å². The summed E-state index contributed by atoms with van der Waals surface area (Å²) in [6.45, 7) is 6.55. The number of methoxy groups -OCH3 is 1. The van der Waals surface area contributed by atoms with Crippen molar-refractivity contribution in [2.24, 2.45) is 5.41 Å². The molecule has 2 fully saturated rings. The molecule has 0 bridgehead atoms. The largest absolute Gasteiger partial charge is 0.493 e. The summed E-state index contributed by atoms with van der Waals surface area (Å²) < 4.78 is 15.9. The molecule has 0 atom stereocenters. The van der Waals surface area contributed by atoms with Crippen molar-refractivity contribution in [1.29, 1.82) is 0 Å². The minimum Gasteiger partial charge on any atom is -0.493 e. The number of benzene rings is 1. The van der Waals surface area contributed by atoms with E-state index in [1.807, 2.05) is 47.1 Å². The molecule has 0 aliphatic carbocycles. The van der Waals surface area contributed by atoms with Crippen LogP contribution in [0.3, 0.4) is 0 Å². The summed E-state index contributed by atoms with van der Waals surface area (Å²) in [6.07, 6.45) is 6.32. The summed E-state index contributed by atoms with van der Waals surface area (Å²) in [4.78, 5) is 28.9. The second-order valence-corrected chi connectivity index (χ2v) is 8.24. The summed E-state index contributed by atoms with van der Waals surface area (Å²) in [7, 11) is 1.61. The van der Waals surface area contributed by atoms with E-state index < -0.39 is 0 Å². The molecule has 2 amide bonds. The first-order valence-corrected chi connectivity index (χ1v) is 11.1. The molecular weight excluding hydrogens is 396 g/mol. The molecule has 7 heteroatoms. The van der Waals surface area contributed by atoms with Gasteiger partial charge in [-0.1, -0.05) is 18.2 Å². The molecule has 31 heavy (non-hydrogen) atoms. The van der Waals surface area contributed by atoms with Gasteiger partial charge in [0.1, 0.15) is 12.4 Å². The van der Waals surface area contributed by atoms with Crippen LogP contribution >= 0.6 is 0 Å². The van der Waals surface area contributed by atoms with Crippen LogP contribution in [0.2, 0.25) is 0 Å². The fourth-order valence-corrected chi connectivity index (χ4v) is 4.32. The van der Waals surface area contributed by atoms with Crippen LogP contribution in [0.5, 0.6) is 5.75 Å². The highest BCUT2D eigenvalue weighted by Gasteiger charge is 2.42. The number of piperidine rings is 1. The van der Waals surface area contributed by atoms with E-state index in [1.54, 1.807) is 13.2 Å². The number of ether oxygens (including phenoxy) is 3. The monoisotopic (exact) mass is 430 g/mol. The maximum Gasteiger partial charge on any atom is 0.248 e. The van der Waals surface area contributed by atoms with E-state index in [-0.39, 0.29) is 23.8 Å². The van der Waals surface area contributed by atoms with Gasteiger partial charge in [-0.15, -0.1) is 0 Å². The Labute approximate surface area is 184 Å². The third kappa shape index (κ3) is 6.31. The molecule has 2 aliphatic heterocycles. The van der Waals surface area contributed by atoms with Gasteiger partial charge < -0.3 is 24.0 Å². The topological polar surface area (TPSA) is 68.3 Å². The molecule has 0 unspecified atom stereocenters. The maximum absolute atomic E-state index is 12.7. The van der Waals surface area contributed by atoms with Crippen molar-refractivity contribution < 1.29 is 23.8 Å². The third-order valence-electron chi connectivity index (χ3n) is 6.21. The summed E-state index contributed by atoms with van der Waals surface area (Å²) in [5.41, 5.74) is 1.04. The number of rotatable bonds is 9. The molecule has 0 aromatic heterocycles. The van der Waals surface area contributed by atoms with Gasteiger partial charge in [0.15, 0.2) is 0 Å². The zero-order valence-electron chi connectivity index (χ0n) is 18.7. The summed E-state index contributed by atoms with van der Waals surface area (Å²) in [5.74, 6) is 0.856. The lowest BCUT2D eigenvalue weighted by molar-refractivity contribution is -0.136. The minimum atomic E-state index is 0.0265. The first-order chi connectivity index (χ1) is 15.1. The highest BCUT2D eigenvalue weighted by molar-refractivity contribution is 5.92. The van der Waals surface area contributed by atoms with E-state index in [0.717, 1.165) is 56.8 Å². The fourth-order valence-electron chi connectivity index (χ4n) is 4.32. The van der Waals surface area contributed by atoms with Crippen molar-refractivity contribution in [2.45, 2.75) is 26.2 Å². The zero-order valence-corrected chi connectivity index (χ0v) is 18.7. The SMILES string of the molecule is CCOc1ccccc1C=CC(=O)N1CCC2(CC1)CCN(C(=O)COCCOC)C2. The lowest BCUT2D eigenvalue weighted by atomic mass is 9.78.